The summed E-state index contributed by atoms with van der Waals surface area (Å²) >= 11 is 0. The predicted octanol–water partition coefficient (Wildman–Crippen LogP) is 6.59. The number of nitrogens with one attached hydrogen (secondary N) is 1. The van der Waals surface area contributed by atoms with Gasteiger partial charge in [-0.15, -0.1) is 0 Å². The first-order valence-corrected chi connectivity index (χ1v) is 9.05. The molecule has 1 N–H and O–H groups in total. The molecule has 168 valence electrons. The summed E-state index contributed by atoms with van der Waals surface area (Å²) in [6.45, 7) is 1.43. The second-order valence-electron chi connectivity index (χ2n) is 6.94. The van der Waals surface area contributed by atoms with E-state index in [1.54, 1.807) is 0 Å². The van der Waals surface area contributed by atoms with E-state index >= 15 is 0 Å². The average Bonchev–Trinajstić information content (AvgIpc) is 2.66. The molecule has 0 atom stereocenters. The number of carbonyl (C=O) groups is 1. The van der Waals surface area contributed by atoms with Crippen molar-refractivity contribution in [2.45, 2.75) is 13.1 Å². The molecule has 0 radical (unpaired) electrons. The molecule has 3 aromatic rings. The lowest BCUT2D eigenvalue weighted by Crippen LogP contribution is -2.19. The second kappa shape index (κ2) is 8.52. The number of halogens is 7. The molecule has 0 spiro atoms. The van der Waals surface area contributed by atoms with E-state index in [9.17, 15) is 35.5 Å². The fraction of sp³-hybridized carbons (Fsp3) is 0.136. The molecule has 3 nitrogen and oxygen atoms in total. The third-order valence-corrected chi connectivity index (χ3v) is 4.61. The number of amides is 1. The van der Waals surface area contributed by atoms with Crippen molar-refractivity contribution in [1.29, 1.82) is 0 Å². The van der Waals surface area contributed by atoms with Crippen LogP contribution in [0.5, 0.6) is 0 Å². The minimum absolute atomic E-state index is 0.181. The zero-order chi connectivity index (χ0) is 23.8. The van der Waals surface area contributed by atoms with Crippen LogP contribution in [0.25, 0.3) is 0 Å². The van der Waals surface area contributed by atoms with Gasteiger partial charge in [-0.25, -0.2) is 17.6 Å². The molecule has 0 saturated heterocycles. The van der Waals surface area contributed by atoms with Crippen molar-refractivity contribution in [1.82, 2.24) is 0 Å². The highest BCUT2D eigenvalue weighted by atomic mass is 19.4. The first kappa shape index (κ1) is 23.1. The fourth-order valence-electron chi connectivity index (χ4n) is 3.12. The number of anilines is 3. The molecule has 0 saturated carbocycles. The smallest absolute Gasteiger partial charge is 0.342 e. The van der Waals surface area contributed by atoms with Crippen LogP contribution >= 0.6 is 0 Å². The maximum atomic E-state index is 14.7. The molecule has 0 heterocycles. The standard InChI is InChI=1S/C22H15F7N2O/c1-11-7-16(25)20(17(26)8-11)21(32)30-13-4-6-19(15(24)10-13)31(2)18-5-3-12(23)9-14(18)22(27,28)29/h3-10H,1-2H3,(H,30,32). The summed E-state index contributed by atoms with van der Waals surface area (Å²) in [5.41, 5.74) is -2.90. The summed E-state index contributed by atoms with van der Waals surface area (Å²) in [6, 6.07) is 6.86. The highest BCUT2D eigenvalue weighted by Crippen LogP contribution is 2.39. The van der Waals surface area contributed by atoms with E-state index < -0.39 is 52.2 Å². The van der Waals surface area contributed by atoms with Gasteiger partial charge in [0.15, 0.2) is 0 Å². The van der Waals surface area contributed by atoms with Crippen molar-refractivity contribution >= 4 is 23.0 Å². The summed E-state index contributed by atoms with van der Waals surface area (Å²) < 4.78 is 95.7. The van der Waals surface area contributed by atoms with Gasteiger partial charge < -0.3 is 10.2 Å². The number of hydrogen-bond acceptors (Lipinski definition) is 2. The van der Waals surface area contributed by atoms with Gasteiger partial charge >= 0.3 is 6.18 Å². The van der Waals surface area contributed by atoms with E-state index in [1.807, 2.05) is 0 Å². The van der Waals surface area contributed by atoms with Gasteiger partial charge in [-0.1, -0.05) is 0 Å². The molecule has 10 heteroatoms. The Morgan fingerprint density at radius 3 is 2.00 bits per heavy atom. The SMILES string of the molecule is Cc1cc(F)c(C(=O)Nc2ccc(N(C)c3ccc(F)cc3C(F)(F)F)c(F)c2)c(F)c1. The Balaban J connectivity index is 1.90. The topological polar surface area (TPSA) is 32.3 Å². The summed E-state index contributed by atoms with van der Waals surface area (Å²) in [5, 5.41) is 2.14. The molecule has 0 aliphatic carbocycles. The predicted molar refractivity (Wildman–Crippen MR) is 105 cm³/mol. The van der Waals surface area contributed by atoms with Crippen molar-refractivity contribution in [3.8, 4) is 0 Å². The Hall–Kier alpha value is -3.56. The van der Waals surface area contributed by atoms with Gasteiger partial charge in [0.25, 0.3) is 5.91 Å². The molecule has 0 aromatic heterocycles. The average molecular weight is 456 g/mol. The number of alkyl halides is 3. The highest BCUT2D eigenvalue weighted by molar-refractivity contribution is 6.04. The number of benzene rings is 3. The van der Waals surface area contributed by atoms with E-state index in [2.05, 4.69) is 5.32 Å². The molecule has 3 rings (SSSR count). The maximum Gasteiger partial charge on any atom is 0.418 e. The van der Waals surface area contributed by atoms with Crippen LogP contribution in [-0.2, 0) is 6.18 Å². The van der Waals surface area contributed by atoms with Crippen LogP contribution in [0.4, 0.5) is 47.8 Å². The number of rotatable bonds is 4. The minimum Gasteiger partial charge on any atom is -0.342 e. The first-order chi connectivity index (χ1) is 14.9. The maximum absolute atomic E-state index is 14.7. The molecule has 1 amide bonds. The number of nitrogens with zero attached hydrogens (tertiary/aromatic N) is 1. The third kappa shape index (κ3) is 4.68. The molecule has 0 bridgehead atoms. The Kier molecular flexibility index (Phi) is 6.16. The summed E-state index contributed by atoms with van der Waals surface area (Å²) in [5.74, 6) is -5.52. The van der Waals surface area contributed by atoms with E-state index in [4.69, 9.17) is 0 Å². The molecule has 0 unspecified atom stereocenters. The highest BCUT2D eigenvalue weighted by Gasteiger charge is 2.35. The molecule has 3 aromatic carbocycles. The Bertz CT molecular complexity index is 1170. The van der Waals surface area contributed by atoms with E-state index in [-0.39, 0.29) is 16.9 Å². The Morgan fingerprint density at radius 2 is 1.44 bits per heavy atom. The van der Waals surface area contributed by atoms with E-state index in [0.717, 1.165) is 54.4 Å². The van der Waals surface area contributed by atoms with Gasteiger partial charge in [-0.2, -0.15) is 13.2 Å². The Morgan fingerprint density at radius 1 is 0.844 bits per heavy atom. The lowest BCUT2D eigenvalue weighted by Gasteiger charge is -2.24. The number of hydrogen-bond donors (Lipinski definition) is 1. The summed E-state index contributed by atoms with van der Waals surface area (Å²) in [6.07, 6.45) is -4.89. The van der Waals surface area contributed by atoms with Crippen LogP contribution in [0.15, 0.2) is 48.5 Å². The largest absolute Gasteiger partial charge is 0.418 e. The van der Waals surface area contributed by atoms with Gasteiger partial charge in [-0.05, 0) is 61.0 Å². The third-order valence-electron chi connectivity index (χ3n) is 4.61. The van der Waals surface area contributed by atoms with Gasteiger partial charge in [0.2, 0.25) is 0 Å². The molecular formula is C22H15F7N2O. The van der Waals surface area contributed by atoms with Gasteiger partial charge in [0, 0.05) is 12.7 Å². The normalized spacial score (nSPS) is 11.4. The lowest BCUT2D eigenvalue weighted by molar-refractivity contribution is -0.137. The van der Waals surface area contributed by atoms with Crippen LogP contribution in [0.2, 0.25) is 0 Å². The van der Waals surface area contributed by atoms with Gasteiger partial charge in [-0.3, -0.25) is 4.79 Å². The molecule has 32 heavy (non-hydrogen) atoms. The van der Waals surface area contributed by atoms with Crippen molar-refractivity contribution < 1.29 is 35.5 Å². The second-order valence-corrected chi connectivity index (χ2v) is 6.94. The van der Waals surface area contributed by atoms with Crippen molar-refractivity contribution in [3.05, 3.63) is 88.5 Å². The summed E-state index contributed by atoms with van der Waals surface area (Å²) in [7, 11) is 1.15. The Labute approximate surface area is 178 Å². The monoisotopic (exact) mass is 456 g/mol. The molecule has 0 aliphatic heterocycles. The van der Waals surface area contributed by atoms with Crippen LogP contribution < -0.4 is 10.2 Å². The first-order valence-electron chi connectivity index (χ1n) is 9.05. The van der Waals surface area contributed by atoms with Crippen LogP contribution in [0, 0.1) is 30.2 Å². The van der Waals surface area contributed by atoms with Gasteiger partial charge in [0.05, 0.1) is 16.9 Å². The van der Waals surface area contributed by atoms with Gasteiger partial charge in [0.1, 0.15) is 28.8 Å². The van der Waals surface area contributed by atoms with Crippen LogP contribution in [0.3, 0.4) is 0 Å². The minimum atomic E-state index is -4.89. The summed E-state index contributed by atoms with van der Waals surface area (Å²) in [4.78, 5) is 13.1. The van der Waals surface area contributed by atoms with Crippen molar-refractivity contribution in [3.63, 3.8) is 0 Å². The van der Waals surface area contributed by atoms with Crippen molar-refractivity contribution in [2.75, 3.05) is 17.3 Å². The van der Waals surface area contributed by atoms with Crippen molar-refractivity contribution in [2.24, 2.45) is 0 Å². The number of aryl methyl sites for hydroxylation is 1. The zero-order valence-corrected chi connectivity index (χ0v) is 16.6. The zero-order valence-electron chi connectivity index (χ0n) is 16.6. The fourth-order valence-corrected chi connectivity index (χ4v) is 3.12. The van der Waals surface area contributed by atoms with E-state index in [0.29, 0.717) is 6.07 Å². The molecular weight excluding hydrogens is 441 g/mol. The van der Waals surface area contributed by atoms with E-state index in [1.165, 1.54) is 6.92 Å². The van der Waals surface area contributed by atoms with Crippen LogP contribution in [0.1, 0.15) is 21.5 Å². The molecule has 0 fully saturated rings. The quantitative estimate of drug-likeness (QED) is 0.449. The number of carbonyl (C=O) groups excluding carboxylic acids is 1. The molecule has 0 aliphatic rings. The lowest BCUT2D eigenvalue weighted by atomic mass is 10.1. The van der Waals surface area contributed by atoms with Crippen LogP contribution in [-0.4, -0.2) is 13.0 Å².